The maximum absolute atomic E-state index is 12.8. The van der Waals surface area contributed by atoms with Crippen LogP contribution in [0.4, 0.5) is 5.69 Å². The standard InChI is InChI=1S/C21H26ClN3O3S/c1-3-23(4-2)18-11-9-17(10-12-18)21(26)24-13-15-25(16-14-24)29(27,28)20-8-6-5-7-19(20)22/h5-12H,3-4,13-16H2,1-2H3. The normalized spacial score (nSPS) is 15.3. The van der Waals surface area contributed by atoms with Crippen molar-refractivity contribution in [2.24, 2.45) is 0 Å². The first-order valence-electron chi connectivity index (χ1n) is 9.77. The maximum atomic E-state index is 12.8. The Bertz CT molecular complexity index is 951. The van der Waals surface area contributed by atoms with Crippen molar-refractivity contribution in [3.8, 4) is 0 Å². The Balaban J connectivity index is 1.66. The number of hydrogen-bond acceptors (Lipinski definition) is 4. The van der Waals surface area contributed by atoms with Crippen LogP contribution in [0.2, 0.25) is 5.02 Å². The Morgan fingerprint density at radius 1 is 0.966 bits per heavy atom. The number of amides is 1. The fraction of sp³-hybridized carbons (Fsp3) is 0.381. The minimum atomic E-state index is -3.67. The van der Waals surface area contributed by atoms with Crippen molar-refractivity contribution < 1.29 is 13.2 Å². The SMILES string of the molecule is CCN(CC)c1ccc(C(=O)N2CCN(S(=O)(=O)c3ccccc3Cl)CC2)cc1. The third-order valence-electron chi connectivity index (χ3n) is 5.22. The van der Waals surface area contributed by atoms with E-state index >= 15 is 0 Å². The molecule has 0 unspecified atom stereocenters. The average Bonchev–Trinajstić information content (AvgIpc) is 2.75. The lowest BCUT2D eigenvalue weighted by Gasteiger charge is -2.34. The molecule has 0 spiro atoms. The molecule has 0 aromatic heterocycles. The molecule has 1 fully saturated rings. The number of halogens is 1. The highest BCUT2D eigenvalue weighted by atomic mass is 35.5. The summed E-state index contributed by atoms with van der Waals surface area (Å²) < 4.78 is 27.1. The quantitative estimate of drug-likeness (QED) is 0.698. The molecule has 0 saturated carbocycles. The lowest BCUT2D eigenvalue weighted by Crippen LogP contribution is -2.50. The zero-order valence-corrected chi connectivity index (χ0v) is 18.3. The molecule has 8 heteroatoms. The minimum Gasteiger partial charge on any atom is -0.372 e. The van der Waals surface area contributed by atoms with Gasteiger partial charge in [-0.05, 0) is 50.2 Å². The van der Waals surface area contributed by atoms with Gasteiger partial charge in [-0.15, -0.1) is 0 Å². The van der Waals surface area contributed by atoms with E-state index < -0.39 is 10.0 Å². The molecular weight excluding hydrogens is 410 g/mol. The van der Waals surface area contributed by atoms with Crippen LogP contribution < -0.4 is 4.90 Å². The zero-order chi connectivity index (χ0) is 21.0. The fourth-order valence-electron chi connectivity index (χ4n) is 3.51. The van der Waals surface area contributed by atoms with Gasteiger partial charge in [0.15, 0.2) is 0 Å². The van der Waals surface area contributed by atoms with E-state index in [0.717, 1.165) is 18.8 Å². The molecule has 1 saturated heterocycles. The Morgan fingerprint density at radius 3 is 2.10 bits per heavy atom. The third-order valence-corrected chi connectivity index (χ3v) is 7.62. The molecule has 0 aliphatic carbocycles. The topological polar surface area (TPSA) is 60.9 Å². The molecule has 0 atom stereocenters. The van der Waals surface area contributed by atoms with Crippen LogP contribution in [0.25, 0.3) is 0 Å². The number of nitrogens with zero attached hydrogens (tertiary/aromatic N) is 3. The lowest BCUT2D eigenvalue weighted by molar-refractivity contribution is 0.0698. The Kier molecular flexibility index (Phi) is 6.82. The van der Waals surface area contributed by atoms with Gasteiger partial charge in [-0.1, -0.05) is 23.7 Å². The van der Waals surface area contributed by atoms with Gasteiger partial charge in [-0.3, -0.25) is 4.79 Å². The molecule has 0 bridgehead atoms. The van der Waals surface area contributed by atoms with E-state index in [0.29, 0.717) is 18.7 Å². The third kappa shape index (κ3) is 4.57. The van der Waals surface area contributed by atoms with Crippen LogP contribution in [0, 0.1) is 0 Å². The van der Waals surface area contributed by atoms with Crippen molar-refractivity contribution >= 4 is 33.2 Å². The first kappa shape index (κ1) is 21.6. The van der Waals surface area contributed by atoms with E-state index in [1.54, 1.807) is 23.1 Å². The molecule has 3 rings (SSSR count). The number of benzene rings is 2. The molecule has 1 aliphatic heterocycles. The predicted molar refractivity (Wildman–Crippen MR) is 116 cm³/mol. The van der Waals surface area contributed by atoms with Crippen LogP contribution in [-0.4, -0.2) is 62.8 Å². The van der Waals surface area contributed by atoms with E-state index in [4.69, 9.17) is 11.6 Å². The molecule has 2 aromatic rings. The minimum absolute atomic E-state index is 0.0779. The predicted octanol–water partition coefficient (Wildman–Crippen LogP) is 3.33. The van der Waals surface area contributed by atoms with Gasteiger partial charge < -0.3 is 9.80 Å². The highest BCUT2D eigenvalue weighted by molar-refractivity contribution is 7.89. The van der Waals surface area contributed by atoms with Gasteiger partial charge in [0, 0.05) is 50.5 Å². The van der Waals surface area contributed by atoms with Crippen molar-refractivity contribution in [3.63, 3.8) is 0 Å². The molecular formula is C21H26ClN3O3S. The van der Waals surface area contributed by atoms with E-state index in [1.165, 1.54) is 10.4 Å². The highest BCUT2D eigenvalue weighted by Gasteiger charge is 2.31. The highest BCUT2D eigenvalue weighted by Crippen LogP contribution is 2.25. The number of carbonyl (C=O) groups excluding carboxylic acids is 1. The van der Waals surface area contributed by atoms with Crippen LogP contribution >= 0.6 is 11.6 Å². The van der Waals surface area contributed by atoms with Gasteiger partial charge in [0.05, 0.1) is 5.02 Å². The summed E-state index contributed by atoms with van der Waals surface area (Å²) in [5.41, 5.74) is 1.70. The summed E-state index contributed by atoms with van der Waals surface area (Å²) in [6, 6.07) is 14.0. The van der Waals surface area contributed by atoms with E-state index in [-0.39, 0.29) is 28.9 Å². The summed E-state index contributed by atoms with van der Waals surface area (Å²) in [7, 11) is -3.67. The van der Waals surface area contributed by atoms with Crippen LogP contribution in [0.1, 0.15) is 24.2 Å². The average molecular weight is 436 g/mol. The van der Waals surface area contributed by atoms with Gasteiger partial charge in [0.1, 0.15) is 4.90 Å². The van der Waals surface area contributed by atoms with Crippen molar-refractivity contribution in [1.29, 1.82) is 0 Å². The van der Waals surface area contributed by atoms with Crippen molar-refractivity contribution in [2.75, 3.05) is 44.2 Å². The number of anilines is 1. The van der Waals surface area contributed by atoms with Crippen LogP contribution in [0.5, 0.6) is 0 Å². The Hall–Kier alpha value is -2.09. The molecule has 6 nitrogen and oxygen atoms in total. The summed E-state index contributed by atoms with van der Waals surface area (Å²) >= 11 is 6.07. The second-order valence-electron chi connectivity index (χ2n) is 6.85. The molecule has 1 aliphatic rings. The van der Waals surface area contributed by atoms with E-state index in [2.05, 4.69) is 18.7 Å². The second kappa shape index (κ2) is 9.15. The maximum Gasteiger partial charge on any atom is 0.253 e. The van der Waals surface area contributed by atoms with Gasteiger partial charge in [-0.25, -0.2) is 8.42 Å². The monoisotopic (exact) mass is 435 g/mol. The molecule has 29 heavy (non-hydrogen) atoms. The largest absolute Gasteiger partial charge is 0.372 e. The summed E-state index contributed by atoms with van der Waals surface area (Å²) in [5.74, 6) is -0.0779. The summed E-state index contributed by atoms with van der Waals surface area (Å²) in [6.45, 7) is 7.20. The molecule has 0 radical (unpaired) electrons. The number of carbonyl (C=O) groups is 1. The molecule has 0 N–H and O–H groups in total. The first-order valence-corrected chi connectivity index (χ1v) is 11.6. The number of piperazine rings is 1. The van der Waals surface area contributed by atoms with E-state index in [9.17, 15) is 13.2 Å². The molecule has 1 heterocycles. The summed E-state index contributed by atoms with van der Waals surface area (Å²) in [6.07, 6.45) is 0. The number of rotatable bonds is 6. The van der Waals surface area contributed by atoms with Gasteiger partial charge >= 0.3 is 0 Å². The smallest absolute Gasteiger partial charge is 0.253 e. The van der Waals surface area contributed by atoms with Crippen LogP contribution in [0.15, 0.2) is 53.4 Å². The fourth-order valence-corrected chi connectivity index (χ4v) is 5.43. The summed E-state index contributed by atoms with van der Waals surface area (Å²) in [4.78, 5) is 16.8. The van der Waals surface area contributed by atoms with Gasteiger partial charge in [0.2, 0.25) is 10.0 Å². The number of sulfonamides is 1. The van der Waals surface area contributed by atoms with Crippen molar-refractivity contribution in [2.45, 2.75) is 18.7 Å². The van der Waals surface area contributed by atoms with Crippen molar-refractivity contribution in [1.82, 2.24) is 9.21 Å². The lowest BCUT2D eigenvalue weighted by atomic mass is 10.1. The first-order chi connectivity index (χ1) is 13.9. The zero-order valence-electron chi connectivity index (χ0n) is 16.7. The molecule has 1 amide bonds. The van der Waals surface area contributed by atoms with Crippen molar-refractivity contribution in [3.05, 3.63) is 59.1 Å². The summed E-state index contributed by atoms with van der Waals surface area (Å²) in [5, 5.41) is 0.208. The van der Waals surface area contributed by atoms with Gasteiger partial charge in [-0.2, -0.15) is 4.31 Å². The Labute approximate surface area is 177 Å². The second-order valence-corrected chi connectivity index (χ2v) is 9.16. The number of hydrogen-bond donors (Lipinski definition) is 0. The van der Waals surface area contributed by atoms with Crippen LogP contribution in [-0.2, 0) is 10.0 Å². The van der Waals surface area contributed by atoms with E-state index in [1.807, 2.05) is 24.3 Å². The van der Waals surface area contributed by atoms with Crippen LogP contribution in [0.3, 0.4) is 0 Å². The molecule has 156 valence electrons. The van der Waals surface area contributed by atoms with Gasteiger partial charge in [0.25, 0.3) is 5.91 Å². The molecule has 2 aromatic carbocycles. The Morgan fingerprint density at radius 2 is 1.55 bits per heavy atom.